The fourth-order valence-corrected chi connectivity index (χ4v) is 3.16. The second kappa shape index (κ2) is 9.89. The smallest absolute Gasteiger partial charge is 0.271 e. The van der Waals surface area contributed by atoms with Gasteiger partial charge in [-0.25, -0.2) is 5.43 Å². The molecule has 0 aromatic heterocycles. The van der Waals surface area contributed by atoms with E-state index in [4.69, 9.17) is 9.47 Å². The molecule has 1 amide bonds. The van der Waals surface area contributed by atoms with Gasteiger partial charge in [0.05, 0.1) is 16.9 Å². The zero-order valence-corrected chi connectivity index (χ0v) is 17.4. The molecule has 0 bridgehead atoms. The molecule has 3 rings (SSSR count). The molecule has 0 heterocycles. The molecule has 0 saturated carbocycles. The van der Waals surface area contributed by atoms with E-state index in [1.807, 2.05) is 54.6 Å². The summed E-state index contributed by atoms with van der Waals surface area (Å²) >= 11 is 2.12. The van der Waals surface area contributed by atoms with E-state index in [1.165, 1.54) is 0 Å². The summed E-state index contributed by atoms with van der Waals surface area (Å²) in [5, 5.41) is 4.01. The molecule has 0 aliphatic rings. The van der Waals surface area contributed by atoms with Crippen LogP contribution in [0.4, 0.5) is 0 Å². The zero-order chi connectivity index (χ0) is 19.8. The van der Waals surface area contributed by atoms with Gasteiger partial charge in [-0.05, 0) is 76.2 Å². The van der Waals surface area contributed by atoms with Gasteiger partial charge < -0.3 is 9.47 Å². The maximum absolute atomic E-state index is 12.2. The molecule has 0 unspecified atom stereocenters. The molecule has 3 aromatic carbocycles. The van der Waals surface area contributed by atoms with E-state index in [0.29, 0.717) is 12.2 Å². The number of halogens is 1. The summed E-state index contributed by atoms with van der Waals surface area (Å²) in [5.74, 6) is 1.23. The summed E-state index contributed by atoms with van der Waals surface area (Å²) in [4.78, 5) is 12.2. The number of hydrogen-bond acceptors (Lipinski definition) is 4. The number of amides is 1. The number of carbonyl (C=O) groups is 1. The normalized spacial score (nSPS) is 10.6. The molecule has 1 N–H and O–H groups in total. The van der Waals surface area contributed by atoms with E-state index in [9.17, 15) is 4.79 Å². The molecular weight excluding hydrogens is 467 g/mol. The number of ether oxygens (including phenoxy) is 2. The van der Waals surface area contributed by atoms with Gasteiger partial charge in [0, 0.05) is 5.56 Å². The number of rotatable bonds is 7. The molecule has 0 saturated heterocycles. The van der Waals surface area contributed by atoms with Crippen LogP contribution < -0.4 is 14.9 Å². The summed E-state index contributed by atoms with van der Waals surface area (Å²) in [5.41, 5.74) is 5.02. The lowest BCUT2D eigenvalue weighted by Gasteiger charge is -2.06. The fraction of sp³-hybridized carbons (Fsp3) is 0.0909. The maximum Gasteiger partial charge on any atom is 0.271 e. The first-order chi connectivity index (χ1) is 13.7. The van der Waals surface area contributed by atoms with Gasteiger partial charge >= 0.3 is 0 Å². The van der Waals surface area contributed by atoms with Crippen LogP contribution in [0, 0.1) is 3.57 Å². The molecule has 0 spiro atoms. The highest BCUT2D eigenvalue weighted by Crippen LogP contribution is 2.21. The van der Waals surface area contributed by atoms with Crippen molar-refractivity contribution in [3.63, 3.8) is 0 Å². The van der Waals surface area contributed by atoms with Gasteiger partial charge in [-0.2, -0.15) is 5.10 Å². The predicted octanol–water partition coefficient (Wildman–Crippen LogP) is 4.64. The van der Waals surface area contributed by atoms with Crippen LogP contribution in [0.3, 0.4) is 0 Å². The van der Waals surface area contributed by atoms with Crippen molar-refractivity contribution in [2.45, 2.75) is 6.61 Å². The highest BCUT2D eigenvalue weighted by molar-refractivity contribution is 14.1. The Morgan fingerprint density at radius 2 is 1.82 bits per heavy atom. The van der Waals surface area contributed by atoms with Gasteiger partial charge in [-0.15, -0.1) is 0 Å². The zero-order valence-electron chi connectivity index (χ0n) is 15.3. The van der Waals surface area contributed by atoms with Gasteiger partial charge in [0.2, 0.25) is 0 Å². The number of hydrazone groups is 1. The number of methoxy groups -OCH3 is 1. The van der Waals surface area contributed by atoms with E-state index < -0.39 is 0 Å². The van der Waals surface area contributed by atoms with Crippen LogP contribution in [0.2, 0.25) is 0 Å². The van der Waals surface area contributed by atoms with Gasteiger partial charge in [0.25, 0.3) is 5.91 Å². The lowest BCUT2D eigenvalue weighted by atomic mass is 10.2. The van der Waals surface area contributed by atoms with E-state index in [0.717, 1.165) is 26.2 Å². The molecule has 3 aromatic rings. The summed E-state index contributed by atoms with van der Waals surface area (Å²) < 4.78 is 11.8. The fourth-order valence-electron chi connectivity index (χ4n) is 2.43. The first-order valence-electron chi connectivity index (χ1n) is 8.59. The second-order valence-electron chi connectivity index (χ2n) is 5.89. The third-order valence-electron chi connectivity index (χ3n) is 3.92. The lowest BCUT2D eigenvalue weighted by Crippen LogP contribution is -2.17. The number of carbonyl (C=O) groups excluding carboxylic acids is 1. The summed E-state index contributed by atoms with van der Waals surface area (Å²) in [6.45, 7) is 0.519. The van der Waals surface area contributed by atoms with Crippen LogP contribution in [-0.4, -0.2) is 19.2 Å². The second-order valence-corrected chi connectivity index (χ2v) is 7.05. The van der Waals surface area contributed by atoms with E-state index >= 15 is 0 Å². The molecule has 0 atom stereocenters. The molecule has 0 radical (unpaired) electrons. The van der Waals surface area contributed by atoms with Gasteiger partial charge in [0.15, 0.2) is 0 Å². The Balaban J connectivity index is 1.52. The minimum atomic E-state index is -0.278. The first-order valence-corrected chi connectivity index (χ1v) is 9.67. The quantitative estimate of drug-likeness (QED) is 0.301. The Morgan fingerprint density at radius 1 is 1.07 bits per heavy atom. The average Bonchev–Trinajstić information content (AvgIpc) is 2.73. The van der Waals surface area contributed by atoms with Crippen LogP contribution >= 0.6 is 22.6 Å². The molecule has 5 nitrogen and oxygen atoms in total. The molecule has 0 aliphatic carbocycles. The van der Waals surface area contributed by atoms with Crippen molar-refractivity contribution in [2.24, 2.45) is 5.10 Å². The van der Waals surface area contributed by atoms with E-state index in [-0.39, 0.29) is 5.91 Å². The number of nitrogens with one attached hydrogen (secondary N) is 1. The molecule has 6 heteroatoms. The maximum atomic E-state index is 12.2. The van der Waals surface area contributed by atoms with Crippen molar-refractivity contribution in [3.8, 4) is 11.5 Å². The van der Waals surface area contributed by atoms with Crippen molar-refractivity contribution < 1.29 is 14.3 Å². The Morgan fingerprint density at radius 3 is 2.50 bits per heavy atom. The largest absolute Gasteiger partial charge is 0.496 e. The Kier molecular flexibility index (Phi) is 7.02. The van der Waals surface area contributed by atoms with Gasteiger partial charge in [0.1, 0.15) is 18.1 Å². The third-order valence-corrected chi connectivity index (χ3v) is 4.77. The molecule has 28 heavy (non-hydrogen) atoms. The first kappa shape index (κ1) is 19.9. The van der Waals surface area contributed by atoms with Crippen molar-refractivity contribution in [3.05, 3.63) is 93.1 Å². The number of benzene rings is 3. The van der Waals surface area contributed by atoms with Crippen LogP contribution in [0.15, 0.2) is 77.9 Å². The molecule has 142 valence electrons. The average molecular weight is 486 g/mol. The number of hydrogen-bond donors (Lipinski definition) is 1. The Hall–Kier alpha value is -2.87. The summed E-state index contributed by atoms with van der Waals surface area (Å²) in [6.07, 6.45) is 1.59. The van der Waals surface area contributed by atoms with Crippen molar-refractivity contribution in [1.82, 2.24) is 5.43 Å². The van der Waals surface area contributed by atoms with E-state index in [1.54, 1.807) is 31.5 Å². The molecule has 0 fully saturated rings. The molecule has 0 aliphatic heterocycles. The van der Waals surface area contributed by atoms with Crippen LogP contribution in [0.1, 0.15) is 21.5 Å². The van der Waals surface area contributed by atoms with E-state index in [2.05, 4.69) is 33.1 Å². The number of nitrogens with zero attached hydrogens (tertiary/aromatic N) is 1. The summed E-state index contributed by atoms with van der Waals surface area (Å²) in [7, 11) is 1.60. The highest BCUT2D eigenvalue weighted by Gasteiger charge is 2.07. The lowest BCUT2D eigenvalue weighted by molar-refractivity contribution is 0.0955. The van der Waals surface area contributed by atoms with Gasteiger partial charge in [-0.3, -0.25) is 4.79 Å². The molecular formula is C22H19IN2O3. The standard InChI is InChI=1S/C22H19IN2O3/c1-27-21-12-9-18(13-20(21)23)22(26)25-24-14-16-7-10-19(11-8-16)28-15-17-5-3-2-4-6-17/h2-14H,15H2,1H3,(H,25,26)/b24-14-. The van der Waals surface area contributed by atoms with Crippen molar-refractivity contribution in [2.75, 3.05) is 7.11 Å². The van der Waals surface area contributed by atoms with Crippen LogP contribution in [0.5, 0.6) is 11.5 Å². The van der Waals surface area contributed by atoms with Crippen LogP contribution in [0.25, 0.3) is 0 Å². The van der Waals surface area contributed by atoms with Crippen molar-refractivity contribution in [1.29, 1.82) is 0 Å². The summed E-state index contributed by atoms with van der Waals surface area (Å²) in [6, 6.07) is 22.7. The minimum Gasteiger partial charge on any atom is -0.496 e. The van der Waals surface area contributed by atoms with Crippen LogP contribution in [-0.2, 0) is 6.61 Å². The predicted molar refractivity (Wildman–Crippen MR) is 118 cm³/mol. The SMILES string of the molecule is COc1ccc(C(=O)N/N=C\c2ccc(OCc3ccccc3)cc2)cc1I. The Labute approximate surface area is 177 Å². The monoisotopic (exact) mass is 486 g/mol. The minimum absolute atomic E-state index is 0.278. The topological polar surface area (TPSA) is 59.9 Å². The van der Waals surface area contributed by atoms with Crippen molar-refractivity contribution >= 4 is 34.7 Å². The third kappa shape index (κ3) is 5.56. The van der Waals surface area contributed by atoms with Gasteiger partial charge in [-0.1, -0.05) is 30.3 Å². The Bertz CT molecular complexity index is 957. The highest BCUT2D eigenvalue weighted by atomic mass is 127.